The van der Waals surface area contributed by atoms with Crippen LogP contribution in [0, 0.1) is 17.2 Å². The summed E-state index contributed by atoms with van der Waals surface area (Å²) in [4.78, 5) is 13.8. The van der Waals surface area contributed by atoms with Gasteiger partial charge in [0.05, 0.1) is 11.6 Å². The van der Waals surface area contributed by atoms with Gasteiger partial charge in [-0.2, -0.15) is 5.26 Å². The van der Waals surface area contributed by atoms with Gasteiger partial charge in [-0.1, -0.05) is 0 Å². The van der Waals surface area contributed by atoms with Crippen molar-refractivity contribution in [3.05, 3.63) is 29.3 Å². The number of ketones is 1. The molecule has 1 aromatic carbocycles. The Morgan fingerprint density at radius 2 is 2.17 bits per heavy atom. The number of hydrogen-bond acceptors (Lipinski definition) is 3. The van der Waals surface area contributed by atoms with Gasteiger partial charge in [0, 0.05) is 24.3 Å². The van der Waals surface area contributed by atoms with E-state index in [1.165, 1.54) is 12.8 Å². The van der Waals surface area contributed by atoms with Gasteiger partial charge in [-0.05, 0) is 50.8 Å². The molecule has 1 saturated carbocycles. The number of carbonyl (C=O) groups excluding carboxylic acids is 1. The summed E-state index contributed by atoms with van der Waals surface area (Å²) < 4.78 is 0. The first-order valence-electron chi connectivity index (χ1n) is 6.32. The first-order chi connectivity index (χ1) is 8.54. The normalized spacial score (nSPS) is 15.9. The standard InChI is InChI=1S/C15H18N2O/c1-10(13-5-6-13)17(3)15-8-12(9-16)4-7-14(15)11(2)18/h4,7-8,10,13H,5-6H2,1-3H3. The molecule has 0 bridgehead atoms. The second-order valence-corrected chi connectivity index (χ2v) is 5.09. The molecule has 0 saturated heterocycles. The monoisotopic (exact) mass is 242 g/mol. The van der Waals surface area contributed by atoms with E-state index in [2.05, 4.69) is 17.9 Å². The minimum atomic E-state index is 0.0457. The third kappa shape index (κ3) is 2.38. The zero-order valence-electron chi connectivity index (χ0n) is 11.1. The van der Waals surface area contributed by atoms with E-state index in [9.17, 15) is 4.79 Å². The van der Waals surface area contributed by atoms with Gasteiger partial charge >= 0.3 is 0 Å². The highest BCUT2D eigenvalue weighted by Crippen LogP contribution is 2.37. The molecular formula is C15H18N2O. The van der Waals surface area contributed by atoms with Crippen LogP contribution in [-0.4, -0.2) is 18.9 Å². The van der Waals surface area contributed by atoms with Crippen LogP contribution in [0.25, 0.3) is 0 Å². The van der Waals surface area contributed by atoms with Crippen LogP contribution >= 0.6 is 0 Å². The van der Waals surface area contributed by atoms with Crippen molar-refractivity contribution in [3.63, 3.8) is 0 Å². The summed E-state index contributed by atoms with van der Waals surface area (Å²) in [5.74, 6) is 0.768. The van der Waals surface area contributed by atoms with Gasteiger partial charge in [-0.25, -0.2) is 0 Å². The Hall–Kier alpha value is -1.82. The molecular weight excluding hydrogens is 224 g/mol. The van der Waals surface area contributed by atoms with Gasteiger partial charge < -0.3 is 4.90 Å². The molecule has 2 rings (SSSR count). The van der Waals surface area contributed by atoms with Crippen LogP contribution in [0.1, 0.15) is 42.6 Å². The van der Waals surface area contributed by atoms with Gasteiger partial charge in [0.2, 0.25) is 0 Å². The summed E-state index contributed by atoms with van der Waals surface area (Å²) in [5.41, 5.74) is 2.18. The Morgan fingerprint density at radius 1 is 1.50 bits per heavy atom. The number of nitriles is 1. The van der Waals surface area contributed by atoms with Crippen molar-refractivity contribution in [1.82, 2.24) is 0 Å². The Bertz CT molecular complexity index is 512. The highest BCUT2D eigenvalue weighted by Gasteiger charge is 2.31. The summed E-state index contributed by atoms with van der Waals surface area (Å²) in [5, 5.41) is 8.98. The summed E-state index contributed by atoms with van der Waals surface area (Å²) in [6, 6.07) is 7.82. The van der Waals surface area contributed by atoms with Gasteiger partial charge in [0.25, 0.3) is 0 Å². The zero-order valence-corrected chi connectivity index (χ0v) is 11.1. The number of benzene rings is 1. The molecule has 1 aliphatic rings. The van der Waals surface area contributed by atoms with Crippen molar-refractivity contribution in [2.45, 2.75) is 32.7 Å². The van der Waals surface area contributed by atoms with Gasteiger partial charge in [0.1, 0.15) is 0 Å². The van der Waals surface area contributed by atoms with Crippen LogP contribution in [0.15, 0.2) is 18.2 Å². The van der Waals surface area contributed by atoms with Crippen LogP contribution in [0.3, 0.4) is 0 Å². The van der Waals surface area contributed by atoms with Gasteiger partial charge in [-0.3, -0.25) is 4.79 Å². The number of nitrogens with zero attached hydrogens (tertiary/aromatic N) is 2. The summed E-state index contributed by atoms with van der Waals surface area (Å²) in [7, 11) is 2.01. The maximum Gasteiger partial charge on any atom is 0.161 e. The van der Waals surface area contributed by atoms with Crippen molar-refractivity contribution in [2.75, 3.05) is 11.9 Å². The first kappa shape index (κ1) is 12.6. The SMILES string of the molecule is CC(=O)c1ccc(C#N)cc1N(C)C(C)C1CC1. The van der Waals surface area contributed by atoms with Crippen molar-refractivity contribution >= 4 is 11.5 Å². The fourth-order valence-corrected chi connectivity index (χ4v) is 2.30. The Kier molecular flexibility index (Phi) is 3.38. The van der Waals surface area contributed by atoms with E-state index in [0.29, 0.717) is 17.2 Å². The second-order valence-electron chi connectivity index (χ2n) is 5.09. The molecule has 3 nitrogen and oxygen atoms in total. The highest BCUT2D eigenvalue weighted by atomic mass is 16.1. The topological polar surface area (TPSA) is 44.1 Å². The molecule has 0 N–H and O–H groups in total. The second kappa shape index (κ2) is 4.81. The fourth-order valence-electron chi connectivity index (χ4n) is 2.30. The van der Waals surface area contributed by atoms with Crippen LogP contribution in [-0.2, 0) is 0 Å². The van der Waals surface area contributed by atoms with E-state index in [0.717, 1.165) is 11.6 Å². The van der Waals surface area contributed by atoms with E-state index in [1.807, 2.05) is 13.1 Å². The molecule has 1 fully saturated rings. The third-order valence-electron chi connectivity index (χ3n) is 3.80. The predicted octanol–water partition coefficient (Wildman–Crippen LogP) is 3.00. The fraction of sp³-hybridized carbons (Fsp3) is 0.467. The summed E-state index contributed by atoms with van der Waals surface area (Å²) in [6.07, 6.45) is 2.53. The Morgan fingerprint density at radius 3 is 2.67 bits per heavy atom. The van der Waals surface area contributed by atoms with Crippen molar-refractivity contribution in [1.29, 1.82) is 5.26 Å². The molecule has 94 valence electrons. The lowest BCUT2D eigenvalue weighted by Crippen LogP contribution is -2.31. The smallest absolute Gasteiger partial charge is 0.161 e. The zero-order chi connectivity index (χ0) is 13.3. The van der Waals surface area contributed by atoms with Gasteiger partial charge in [0.15, 0.2) is 5.78 Å². The number of carbonyl (C=O) groups is 1. The number of hydrogen-bond donors (Lipinski definition) is 0. The summed E-state index contributed by atoms with van der Waals surface area (Å²) >= 11 is 0. The van der Waals surface area contributed by atoms with E-state index in [-0.39, 0.29) is 5.78 Å². The van der Waals surface area contributed by atoms with E-state index in [4.69, 9.17) is 5.26 Å². The maximum atomic E-state index is 11.7. The Balaban J connectivity index is 2.39. The molecule has 1 aliphatic carbocycles. The van der Waals surface area contributed by atoms with E-state index >= 15 is 0 Å². The molecule has 1 aromatic rings. The molecule has 0 aromatic heterocycles. The van der Waals surface area contributed by atoms with Gasteiger partial charge in [-0.15, -0.1) is 0 Å². The molecule has 0 heterocycles. The number of anilines is 1. The lowest BCUT2D eigenvalue weighted by atomic mass is 10.0. The first-order valence-corrected chi connectivity index (χ1v) is 6.32. The molecule has 0 spiro atoms. The predicted molar refractivity (Wildman–Crippen MR) is 71.8 cm³/mol. The van der Waals surface area contributed by atoms with Crippen molar-refractivity contribution in [3.8, 4) is 6.07 Å². The van der Waals surface area contributed by atoms with Crippen molar-refractivity contribution in [2.24, 2.45) is 5.92 Å². The van der Waals surface area contributed by atoms with Crippen LogP contribution < -0.4 is 4.90 Å². The van der Waals surface area contributed by atoms with E-state index in [1.54, 1.807) is 19.1 Å². The minimum Gasteiger partial charge on any atom is -0.371 e. The van der Waals surface area contributed by atoms with E-state index < -0.39 is 0 Å². The molecule has 1 atom stereocenters. The largest absolute Gasteiger partial charge is 0.371 e. The lowest BCUT2D eigenvalue weighted by molar-refractivity contribution is 0.101. The molecule has 0 radical (unpaired) electrons. The highest BCUT2D eigenvalue weighted by molar-refractivity contribution is 6.00. The van der Waals surface area contributed by atoms with Crippen LogP contribution in [0.2, 0.25) is 0 Å². The summed E-state index contributed by atoms with van der Waals surface area (Å²) in [6.45, 7) is 3.75. The van der Waals surface area contributed by atoms with Crippen molar-refractivity contribution < 1.29 is 4.79 Å². The quantitative estimate of drug-likeness (QED) is 0.762. The molecule has 0 amide bonds. The third-order valence-corrected chi connectivity index (χ3v) is 3.80. The van der Waals surface area contributed by atoms with Crippen LogP contribution in [0.4, 0.5) is 5.69 Å². The molecule has 0 aliphatic heterocycles. The average Bonchev–Trinajstić information content (AvgIpc) is 3.20. The average molecular weight is 242 g/mol. The molecule has 1 unspecified atom stereocenters. The maximum absolute atomic E-state index is 11.7. The Labute approximate surface area is 108 Å². The molecule has 3 heteroatoms. The minimum absolute atomic E-state index is 0.0457. The number of rotatable bonds is 4. The number of Topliss-reactive ketones (excluding diaryl/α,β-unsaturated/α-hetero) is 1. The van der Waals surface area contributed by atoms with Crippen LogP contribution in [0.5, 0.6) is 0 Å². The lowest BCUT2D eigenvalue weighted by Gasteiger charge is -2.28. The molecule has 18 heavy (non-hydrogen) atoms.